The summed E-state index contributed by atoms with van der Waals surface area (Å²) in [5, 5.41) is 3.23. The monoisotopic (exact) mass is 414 g/mol. The summed E-state index contributed by atoms with van der Waals surface area (Å²) in [7, 11) is 0. The summed E-state index contributed by atoms with van der Waals surface area (Å²) in [6, 6.07) is 5.62. The first-order valence-electron chi connectivity index (χ1n) is 9.62. The molecular weight excluding hydrogens is 392 g/mol. The zero-order valence-electron chi connectivity index (χ0n) is 15.7. The maximum Gasteiger partial charge on any atom is 0.267 e. The number of thiocarbonyl (C=S) groups is 1. The van der Waals surface area contributed by atoms with Crippen molar-refractivity contribution in [1.29, 1.82) is 0 Å². The average molecular weight is 415 g/mol. The Morgan fingerprint density at radius 3 is 2.86 bits per heavy atom. The van der Waals surface area contributed by atoms with E-state index in [2.05, 4.69) is 10.3 Å². The Kier molecular flexibility index (Phi) is 5.50. The van der Waals surface area contributed by atoms with E-state index in [1.165, 1.54) is 16.2 Å². The van der Waals surface area contributed by atoms with Gasteiger partial charge in [0.2, 0.25) is 0 Å². The van der Waals surface area contributed by atoms with Crippen molar-refractivity contribution in [3.8, 4) is 0 Å². The van der Waals surface area contributed by atoms with E-state index in [1.54, 1.807) is 29.3 Å². The molecule has 0 spiro atoms. The number of thioether (sulfide) groups is 1. The third-order valence-corrected chi connectivity index (χ3v) is 6.43. The molecule has 1 N–H and O–H groups in total. The maximum absolute atomic E-state index is 13.1. The number of fused-ring (bicyclic) bond motifs is 1. The summed E-state index contributed by atoms with van der Waals surface area (Å²) in [6.07, 6.45) is 8.48. The Bertz CT molecular complexity index is 1020. The van der Waals surface area contributed by atoms with E-state index in [9.17, 15) is 9.59 Å². The van der Waals surface area contributed by atoms with Crippen LogP contribution in [0.25, 0.3) is 11.7 Å². The number of rotatable bonds is 5. The van der Waals surface area contributed by atoms with Crippen LogP contribution in [-0.2, 0) is 4.79 Å². The summed E-state index contributed by atoms with van der Waals surface area (Å²) >= 11 is 6.75. The topological polar surface area (TPSA) is 66.7 Å². The SMILES string of the molecule is CCCNc1nc2ccccn2c(=O)c1C=C1SC(=S)N(C2CCCC2)C1=O. The molecule has 4 rings (SSSR count). The number of aromatic nitrogens is 2. The zero-order chi connectivity index (χ0) is 19.7. The van der Waals surface area contributed by atoms with Crippen molar-refractivity contribution >= 4 is 51.7 Å². The molecule has 1 saturated heterocycles. The fourth-order valence-corrected chi connectivity index (χ4v) is 5.08. The molecule has 3 heterocycles. The van der Waals surface area contributed by atoms with Crippen molar-refractivity contribution < 1.29 is 4.79 Å². The van der Waals surface area contributed by atoms with E-state index in [4.69, 9.17) is 12.2 Å². The molecule has 2 aromatic rings. The number of nitrogens with zero attached hydrogens (tertiary/aromatic N) is 3. The Morgan fingerprint density at radius 2 is 2.11 bits per heavy atom. The van der Waals surface area contributed by atoms with E-state index in [1.807, 2.05) is 13.0 Å². The summed E-state index contributed by atoms with van der Waals surface area (Å²) in [6.45, 7) is 2.74. The molecule has 6 nitrogen and oxygen atoms in total. The predicted molar refractivity (Wildman–Crippen MR) is 118 cm³/mol. The molecule has 0 radical (unpaired) electrons. The van der Waals surface area contributed by atoms with Gasteiger partial charge in [-0.2, -0.15) is 0 Å². The van der Waals surface area contributed by atoms with Crippen LogP contribution < -0.4 is 10.9 Å². The molecule has 1 aliphatic heterocycles. The molecule has 0 bridgehead atoms. The molecule has 146 valence electrons. The molecule has 0 atom stereocenters. The van der Waals surface area contributed by atoms with Gasteiger partial charge in [0.15, 0.2) is 0 Å². The van der Waals surface area contributed by atoms with Gasteiger partial charge in [0.1, 0.15) is 15.8 Å². The highest BCUT2D eigenvalue weighted by Gasteiger charge is 2.38. The van der Waals surface area contributed by atoms with Gasteiger partial charge in [0, 0.05) is 18.8 Å². The second kappa shape index (κ2) is 8.05. The van der Waals surface area contributed by atoms with Gasteiger partial charge in [0.05, 0.1) is 10.5 Å². The first kappa shape index (κ1) is 19.1. The number of hydrogen-bond donors (Lipinski definition) is 1. The van der Waals surface area contributed by atoms with Crippen molar-refractivity contribution in [2.24, 2.45) is 0 Å². The second-order valence-corrected chi connectivity index (χ2v) is 8.70. The third-order valence-electron chi connectivity index (χ3n) is 5.10. The number of hydrogen-bond acceptors (Lipinski definition) is 6. The van der Waals surface area contributed by atoms with Crippen LogP contribution in [0.5, 0.6) is 0 Å². The van der Waals surface area contributed by atoms with Crippen molar-refractivity contribution in [3.05, 3.63) is 45.2 Å². The molecule has 8 heteroatoms. The quantitative estimate of drug-likeness (QED) is 0.595. The van der Waals surface area contributed by atoms with Crippen LogP contribution in [0, 0.1) is 0 Å². The van der Waals surface area contributed by atoms with Crippen LogP contribution in [0.1, 0.15) is 44.6 Å². The van der Waals surface area contributed by atoms with Gasteiger partial charge in [-0.15, -0.1) is 0 Å². The lowest BCUT2D eigenvalue weighted by Crippen LogP contribution is -2.36. The van der Waals surface area contributed by atoms with E-state index >= 15 is 0 Å². The predicted octanol–water partition coefficient (Wildman–Crippen LogP) is 3.66. The molecule has 2 fully saturated rings. The first-order chi connectivity index (χ1) is 13.6. The number of pyridine rings is 1. The number of nitrogens with one attached hydrogen (secondary N) is 1. The average Bonchev–Trinajstić information content (AvgIpc) is 3.30. The molecule has 2 aliphatic rings. The highest BCUT2D eigenvalue weighted by atomic mass is 32.2. The van der Waals surface area contributed by atoms with Crippen molar-refractivity contribution in [2.75, 3.05) is 11.9 Å². The highest BCUT2D eigenvalue weighted by Crippen LogP contribution is 2.38. The lowest BCUT2D eigenvalue weighted by molar-refractivity contribution is -0.123. The van der Waals surface area contributed by atoms with Gasteiger partial charge in [-0.05, 0) is 37.5 Å². The highest BCUT2D eigenvalue weighted by molar-refractivity contribution is 8.26. The molecule has 2 aromatic heterocycles. The van der Waals surface area contributed by atoms with E-state index in [0.29, 0.717) is 32.8 Å². The zero-order valence-corrected chi connectivity index (χ0v) is 17.3. The van der Waals surface area contributed by atoms with E-state index in [0.717, 1.165) is 32.1 Å². The van der Waals surface area contributed by atoms with Gasteiger partial charge in [-0.25, -0.2) is 4.98 Å². The summed E-state index contributed by atoms with van der Waals surface area (Å²) in [5.74, 6) is 0.407. The Labute approximate surface area is 173 Å². The van der Waals surface area contributed by atoms with Crippen molar-refractivity contribution in [2.45, 2.75) is 45.1 Å². The van der Waals surface area contributed by atoms with Gasteiger partial charge in [0.25, 0.3) is 11.5 Å². The van der Waals surface area contributed by atoms with Gasteiger partial charge < -0.3 is 5.32 Å². The third kappa shape index (κ3) is 3.46. The van der Waals surface area contributed by atoms with Gasteiger partial charge in [-0.3, -0.25) is 18.9 Å². The van der Waals surface area contributed by atoms with Crippen LogP contribution >= 0.6 is 24.0 Å². The van der Waals surface area contributed by atoms with Crippen LogP contribution in [0.4, 0.5) is 5.82 Å². The molecule has 1 saturated carbocycles. The van der Waals surface area contributed by atoms with Crippen LogP contribution in [0.2, 0.25) is 0 Å². The number of amides is 1. The molecule has 1 aliphatic carbocycles. The van der Waals surface area contributed by atoms with Crippen LogP contribution in [0.3, 0.4) is 0 Å². The van der Waals surface area contributed by atoms with Crippen LogP contribution in [-0.4, -0.2) is 37.1 Å². The molecule has 0 aromatic carbocycles. The molecule has 28 heavy (non-hydrogen) atoms. The van der Waals surface area contributed by atoms with Gasteiger partial charge in [-0.1, -0.05) is 49.8 Å². The second-order valence-electron chi connectivity index (χ2n) is 7.02. The largest absolute Gasteiger partial charge is 0.369 e. The first-order valence-corrected chi connectivity index (χ1v) is 10.8. The van der Waals surface area contributed by atoms with E-state index < -0.39 is 0 Å². The lowest BCUT2D eigenvalue weighted by Gasteiger charge is -2.21. The lowest BCUT2D eigenvalue weighted by atomic mass is 10.2. The smallest absolute Gasteiger partial charge is 0.267 e. The number of carbonyl (C=O) groups is 1. The Balaban J connectivity index is 1.77. The van der Waals surface area contributed by atoms with Crippen molar-refractivity contribution in [1.82, 2.24) is 14.3 Å². The minimum Gasteiger partial charge on any atom is -0.369 e. The normalized spacial score (nSPS) is 19.3. The Hall–Kier alpha value is -2.19. The summed E-state index contributed by atoms with van der Waals surface area (Å²) < 4.78 is 2.08. The summed E-state index contributed by atoms with van der Waals surface area (Å²) in [5.41, 5.74) is 0.765. The molecule has 0 unspecified atom stereocenters. The van der Waals surface area contributed by atoms with Crippen molar-refractivity contribution in [3.63, 3.8) is 0 Å². The molecular formula is C20H22N4O2S2. The van der Waals surface area contributed by atoms with Crippen LogP contribution in [0.15, 0.2) is 34.1 Å². The summed E-state index contributed by atoms with van der Waals surface area (Å²) in [4.78, 5) is 32.9. The maximum atomic E-state index is 13.1. The standard InChI is InChI=1S/C20H22N4O2S2/c1-2-10-21-17-14(18(25)23-11-6-5-9-16(23)22-17)12-15-19(26)24(20(27)28-15)13-7-3-4-8-13/h5-6,9,11-13,21H,2-4,7-8,10H2,1H3. The number of anilines is 1. The minimum absolute atomic E-state index is 0.0964. The van der Waals surface area contributed by atoms with Gasteiger partial charge >= 0.3 is 0 Å². The molecule has 1 amide bonds. The fraction of sp³-hybridized carbons (Fsp3) is 0.400. The number of carbonyl (C=O) groups excluding carboxylic acids is 1. The fourth-order valence-electron chi connectivity index (χ4n) is 3.70. The van der Waals surface area contributed by atoms with E-state index in [-0.39, 0.29) is 17.5 Å². The minimum atomic E-state index is -0.199. The Morgan fingerprint density at radius 1 is 1.32 bits per heavy atom.